The van der Waals surface area contributed by atoms with Crippen molar-refractivity contribution in [3.8, 4) is 0 Å². The molecule has 1 aliphatic rings. The first kappa shape index (κ1) is 16.9. The lowest BCUT2D eigenvalue weighted by Crippen LogP contribution is -2.34. The van der Waals surface area contributed by atoms with Crippen LogP contribution in [0, 0.1) is 11.8 Å². The molecule has 19 heavy (non-hydrogen) atoms. The lowest BCUT2D eigenvalue weighted by molar-refractivity contribution is 0.283. The second kappa shape index (κ2) is 8.22. The van der Waals surface area contributed by atoms with Crippen molar-refractivity contribution < 1.29 is 8.42 Å². The van der Waals surface area contributed by atoms with Gasteiger partial charge >= 0.3 is 0 Å². The smallest absolute Gasteiger partial charge is 0.211 e. The van der Waals surface area contributed by atoms with Gasteiger partial charge in [0.05, 0.1) is 5.75 Å². The molecule has 0 aromatic rings. The largest absolute Gasteiger partial charge is 0.314 e. The summed E-state index contributed by atoms with van der Waals surface area (Å²) in [5.41, 5.74) is 0. The minimum atomic E-state index is -3.09. The van der Waals surface area contributed by atoms with Crippen LogP contribution >= 0.6 is 0 Å². The van der Waals surface area contributed by atoms with Gasteiger partial charge in [-0.1, -0.05) is 33.6 Å². The van der Waals surface area contributed by atoms with Crippen LogP contribution in [0.1, 0.15) is 52.9 Å². The standard InChI is InChI=1S/C14H30N2O2S/c1-12(2)15-8-5-9-19(17,18)16-11-14-7-4-6-13(3)10-14/h12-16H,4-11H2,1-3H3. The SMILES string of the molecule is CC1CCCC(CNS(=O)(=O)CCCNC(C)C)C1. The monoisotopic (exact) mass is 290 g/mol. The van der Waals surface area contributed by atoms with Crippen molar-refractivity contribution in [3.05, 3.63) is 0 Å². The maximum Gasteiger partial charge on any atom is 0.211 e. The topological polar surface area (TPSA) is 58.2 Å². The molecule has 2 unspecified atom stereocenters. The first-order chi connectivity index (χ1) is 8.89. The van der Waals surface area contributed by atoms with E-state index >= 15 is 0 Å². The average molecular weight is 290 g/mol. The van der Waals surface area contributed by atoms with Gasteiger partial charge in [-0.2, -0.15) is 0 Å². The third kappa shape index (κ3) is 7.90. The summed E-state index contributed by atoms with van der Waals surface area (Å²) in [6.45, 7) is 7.79. The number of hydrogen-bond acceptors (Lipinski definition) is 3. The van der Waals surface area contributed by atoms with Crippen molar-refractivity contribution in [1.82, 2.24) is 10.0 Å². The Labute approximate surface area is 118 Å². The lowest BCUT2D eigenvalue weighted by atomic mass is 9.83. The van der Waals surface area contributed by atoms with Crippen LogP contribution in [0.2, 0.25) is 0 Å². The predicted molar refractivity (Wildman–Crippen MR) is 80.7 cm³/mol. The van der Waals surface area contributed by atoms with Gasteiger partial charge in [0.25, 0.3) is 0 Å². The van der Waals surface area contributed by atoms with E-state index in [-0.39, 0.29) is 5.75 Å². The Morgan fingerprint density at radius 3 is 2.63 bits per heavy atom. The highest BCUT2D eigenvalue weighted by Gasteiger charge is 2.20. The second-order valence-electron chi connectivity index (χ2n) is 6.27. The summed E-state index contributed by atoms with van der Waals surface area (Å²) in [5, 5.41) is 3.24. The minimum absolute atomic E-state index is 0.231. The van der Waals surface area contributed by atoms with Crippen molar-refractivity contribution in [2.75, 3.05) is 18.8 Å². The Morgan fingerprint density at radius 1 is 1.26 bits per heavy atom. The van der Waals surface area contributed by atoms with Gasteiger partial charge in [-0.25, -0.2) is 13.1 Å². The molecule has 2 atom stereocenters. The van der Waals surface area contributed by atoms with Crippen molar-refractivity contribution in [2.24, 2.45) is 11.8 Å². The van der Waals surface area contributed by atoms with E-state index in [9.17, 15) is 8.42 Å². The Morgan fingerprint density at radius 2 is 2.00 bits per heavy atom. The van der Waals surface area contributed by atoms with E-state index in [1.54, 1.807) is 0 Å². The zero-order valence-corrected chi connectivity index (χ0v) is 13.4. The summed E-state index contributed by atoms with van der Waals surface area (Å²) in [4.78, 5) is 0. The Kier molecular flexibility index (Phi) is 7.32. The molecule has 1 aliphatic carbocycles. The van der Waals surface area contributed by atoms with Gasteiger partial charge in [0.2, 0.25) is 10.0 Å². The zero-order valence-electron chi connectivity index (χ0n) is 12.6. The zero-order chi connectivity index (χ0) is 14.3. The third-order valence-corrected chi connectivity index (χ3v) is 5.21. The van der Waals surface area contributed by atoms with Gasteiger partial charge in [-0.05, 0) is 37.6 Å². The minimum Gasteiger partial charge on any atom is -0.314 e. The van der Waals surface area contributed by atoms with Crippen LogP contribution in [-0.4, -0.2) is 33.3 Å². The molecule has 0 radical (unpaired) electrons. The van der Waals surface area contributed by atoms with Crippen molar-refractivity contribution in [3.63, 3.8) is 0 Å². The van der Waals surface area contributed by atoms with Crippen molar-refractivity contribution in [1.29, 1.82) is 0 Å². The molecule has 0 aliphatic heterocycles. The molecule has 0 bridgehead atoms. The van der Waals surface area contributed by atoms with Gasteiger partial charge in [0.15, 0.2) is 0 Å². The summed E-state index contributed by atoms with van der Waals surface area (Å²) in [7, 11) is -3.09. The fraction of sp³-hybridized carbons (Fsp3) is 1.00. The van der Waals surface area contributed by atoms with E-state index in [0.717, 1.165) is 18.9 Å². The Hall–Kier alpha value is -0.130. The molecule has 0 amide bonds. The van der Waals surface area contributed by atoms with E-state index < -0.39 is 10.0 Å². The fourth-order valence-electron chi connectivity index (χ4n) is 2.72. The van der Waals surface area contributed by atoms with E-state index in [4.69, 9.17) is 0 Å². The van der Waals surface area contributed by atoms with E-state index in [2.05, 4.69) is 30.8 Å². The maximum absolute atomic E-state index is 11.9. The number of nitrogens with one attached hydrogen (secondary N) is 2. The van der Waals surface area contributed by atoms with Crippen molar-refractivity contribution >= 4 is 10.0 Å². The van der Waals surface area contributed by atoms with Crippen molar-refractivity contribution in [2.45, 2.75) is 58.9 Å². The summed E-state index contributed by atoms with van der Waals surface area (Å²) in [5.74, 6) is 1.51. The summed E-state index contributed by atoms with van der Waals surface area (Å²) < 4.78 is 26.5. The molecule has 0 saturated heterocycles. The highest BCUT2D eigenvalue weighted by atomic mass is 32.2. The molecule has 1 fully saturated rings. The molecule has 2 N–H and O–H groups in total. The molecule has 5 heteroatoms. The second-order valence-corrected chi connectivity index (χ2v) is 8.19. The maximum atomic E-state index is 11.9. The van der Waals surface area contributed by atoms with Gasteiger partial charge in [0, 0.05) is 12.6 Å². The number of sulfonamides is 1. The summed E-state index contributed by atoms with van der Waals surface area (Å²) in [6, 6.07) is 0.416. The summed E-state index contributed by atoms with van der Waals surface area (Å²) in [6.07, 6.45) is 5.55. The molecule has 0 aromatic heterocycles. The van der Waals surface area contributed by atoms with Crippen LogP contribution in [0.3, 0.4) is 0 Å². The van der Waals surface area contributed by atoms with Crippen LogP contribution in [0.5, 0.6) is 0 Å². The fourth-order valence-corrected chi connectivity index (χ4v) is 3.87. The first-order valence-corrected chi connectivity index (χ1v) is 9.25. The van der Waals surface area contributed by atoms with Gasteiger partial charge in [-0.3, -0.25) is 0 Å². The molecule has 0 heterocycles. The van der Waals surface area contributed by atoms with Crippen LogP contribution < -0.4 is 10.0 Å². The molecule has 0 spiro atoms. The van der Waals surface area contributed by atoms with Crippen LogP contribution in [0.4, 0.5) is 0 Å². The highest BCUT2D eigenvalue weighted by Crippen LogP contribution is 2.27. The molecule has 0 aromatic carbocycles. The van der Waals surface area contributed by atoms with Crippen LogP contribution in [0.25, 0.3) is 0 Å². The van der Waals surface area contributed by atoms with Crippen LogP contribution in [0.15, 0.2) is 0 Å². The Balaban J connectivity index is 2.19. The molecular formula is C14H30N2O2S. The lowest BCUT2D eigenvalue weighted by Gasteiger charge is -2.26. The first-order valence-electron chi connectivity index (χ1n) is 7.60. The Bertz CT molecular complexity index is 341. The molecule has 114 valence electrons. The van der Waals surface area contributed by atoms with E-state index in [1.807, 2.05) is 0 Å². The molecular weight excluding hydrogens is 260 g/mol. The highest BCUT2D eigenvalue weighted by molar-refractivity contribution is 7.89. The van der Waals surface area contributed by atoms with E-state index in [0.29, 0.717) is 24.9 Å². The normalized spacial score (nSPS) is 24.8. The number of hydrogen-bond donors (Lipinski definition) is 2. The predicted octanol–water partition coefficient (Wildman–Crippen LogP) is 2.12. The summed E-state index contributed by atoms with van der Waals surface area (Å²) >= 11 is 0. The third-order valence-electron chi connectivity index (χ3n) is 3.78. The van der Waals surface area contributed by atoms with E-state index in [1.165, 1.54) is 19.3 Å². The molecule has 1 rings (SSSR count). The van der Waals surface area contributed by atoms with Gasteiger partial charge < -0.3 is 5.32 Å². The quantitative estimate of drug-likeness (QED) is 0.673. The number of rotatable bonds is 8. The van der Waals surface area contributed by atoms with Crippen LogP contribution in [-0.2, 0) is 10.0 Å². The molecule has 1 saturated carbocycles. The average Bonchev–Trinajstić information content (AvgIpc) is 2.32. The molecule has 4 nitrogen and oxygen atoms in total. The van der Waals surface area contributed by atoms with Gasteiger partial charge in [-0.15, -0.1) is 0 Å². The van der Waals surface area contributed by atoms with Gasteiger partial charge in [0.1, 0.15) is 0 Å².